The molecule has 35 heavy (non-hydrogen) atoms. The quantitative estimate of drug-likeness (QED) is 0.375. The molecule has 0 saturated heterocycles. The van der Waals surface area contributed by atoms with Crippen molar-refractivity contribution in [2.75, 3.05) is 13.2 Å². The number of likely N-dealkylation sites (N-methyl/N-ethyl adjacent to an activating group) is 1. The van der Waals surface area contributed by atoms with E-state index in [0.717, 1.165) is 22.3 Å². The number of hydrogen-bond donors (Lipinski definition) is 1. The molecule has 3 aromatic carbocycles. The third kappa shape index (κ3) is 7.48. The summed E-state index contributed by atoms with van der Waals surface area (Å²) >= 11 is 12.3. The molecule has 3 aromatic rings. The van der Waals surface area contributed by atoms with Crippen molar-refractivity contribution in [1.82, 2.24) is 10.2 Å². The smallest absolute Gasteiger partial charge is 0.261 e. The Morgan fingerprint density at radius 2 is 1.69 bits per heavy atom. The molecule has 0 aromatic heterocycles. The van der Waals surface area contributed by atoms with E-state index in [0.29, 0.717) is 28.8 Å². The van der Waals surface area contributed by atoms with Gasteiger partial charge in [0.25, 0.3) is 5.91 Å². The summed E-state index contributed by atoms with van der Waals surface area (Å²) in [6, 6.07) is 19.9. The zero-order chi connectivity index (χ0) is 25.4. The van der Waals surface area contributed by atoms with Crippen LogP contribution in [0.2, 0.25) is 10.0 Å². The Hall–Kier alpha value is -3.02. The molecular formula is C28H30Cl2N2O3. The minimum absolute atomic E-state index is 0.181. The highest BCUT2D eigenvalue weighted by atomic mass is 35.5. The molecule has 0 fully saturated rings. The van der Waals surface area contributed by atoms with Gasteiger partial charge in [-0.15, -0.1) is 0 Å². The Kier molecular flexibility index (Phi) is 9.58. The van der Waals surface area contributed by atoms with Crippen molar-refractivity contribution in [3.63, 3.8) is 0 Å². The molecule has 184 valence electrons. The monoisotopic (exact) mass is 512 g/mol. The number of halogens is 2. The number of carbonyl (C=O) groups excluding carboxylic acids is 2. The van der Waals surface area contributed by atoms with Crippen LogP contribution in [-0.4, -0.2) is 35.9 Å². The largest absolute Gasteiger partial charge is 0.483 e. The van der Waals surface area contributed by atoms with Gasteiger partial charge in [0.2, 0.25) is 5.91 Å². The van der Waals surface area contributed by atoms with Crippen molar-refractivity contribution in [1.29, 1.82) is 0 Å². The fourth-order valence-electron chi connectivity index (χ4n) is 3.86. The second kappa shape index (κ2) is 12.6. The van der Waals surface area contributed by atoms with E-state index >= 15 is 0 Å². The summed E-state index contributed by atoms with van der Waals surface area (Å²) in [7, 11) is 0. The Bertz CT molecular complexity index is 1170. The Labute approximate surface area is 217 Å². The van der Waals surface area contributed by atoms with E-state index in [1.807, 2.05) is 69.3 Å². The van der Waals surface area contributed by atoms with E-state index in [2.05, 4.69) is 5.32 Å². The first-order chi connectivity index (χ1) is 16.8. The van der Waals surface area contributed by atoms with Gasteiger partial charge in [0.15, 0.2) is 6.61 Å². The van der Waals surface area contributed by atoms with Crippen molar-refractivity contribution < 1.29 is 14.3 Å². The van der Waals surface area contributed by atoms with Gasteiger partial charge in [-0.05, 0) is 55.7 Å². The number of hydrogen-bond acceptors (Lipinski definition) is 3. The predicted octanol–water partition coefficient (Wildman–Crippen LogP) is 5.77. The molecule has 5 nitrogen and oxygen atoms in total. The van der Waals surface area contributed by atoms with Crippen molar-refractivity contribution in [2.45, 2.75) is 39.8 Å². The lowest BCUT2D eigenvalue weighted by molar-refractivity contribution is -0.142. The molecule has 0 bridgehead atoms. The Balaban J connectivity index is 1.92. The average Bonchev–Trinajstić information content (AvgIpc) is 2.83. The van der Waals surface area contributed by atoms with Crippen LogP contribution in [0.15, 0.2) is 66.7 Å². The van der Waals surface area contributed by atoms with Crippen molar-refractivity contribution in [2.24, 2.45) is 0 Å². The van der Waals surface area contributed by atoms with Crippen LogP contribution in [0.5, 0.6) is 5.75 Å². The normalized spacial score (nSPS) is 11.6. The summed E-state index contributed by atoms with van der Waals surface area (Å²) in [5, 5.41) is 3.69. The first-order valence-corrected chi connectivity index (χ1v) is 12.3. The van der Waals surface area contributed by atoms with Gasteiger partial charge in [0, 0.05) is 19.5 Å². The number of carbonyl (C=O) groups is 2. The van der Waals surface area contributed by atoms with Gasteiger partial charge in [0.05, 0.1) is 10.0 Å². The van der Waals surface area contributed by atoms with E-state index in [4.69, 9.17) is 27.9 Å². The van der Waals surface area contributed by atoms with Crippen LogP contribution < -0.4 is 10.1 Å². The van der Waals surface area contributed by atoms with Gasteiger partial charge in [-0.1, -0.05) is 77.3 Å². The van der Waals surface area contributed by atoms with Crippen LogP contribution in [0.1, 0.15) is 29.2 Å². The lowest BCUT2D eigenvalue weighted by Gasteiger charge is -2.31. The Morgan fingerprint density at radius 1 is 0.943 bits per heavy atom. The molecule has 0 unspecified atom stereocenters. The zero-order valence-electron chi connectivity index (χ0n) is 20.2. The van der Waals surface area contributed by atoms with E-state index in [-0.39, 0.29) is 25.0 Å². The molecule has 0 saturated carbocycles. The first kappa shape index (κ1) is 26.6. The van der Waals surface area contributed by atoms with Crippen LogP contribution in [-0.2, 0) is 22.6 Å². The van der Waals surface area contributed by atoms with Gasteiger partial charge in [-0.3, -0.25) is 9.59 Å². The molecule has 3 rings (SSSR count). The average molecular weight is 513 g/mol. The number of ether oxygens (including phenoxy) is 1. The highest BCUT2D eigenvalue weighted by Crippen LogP contribution is 2.25. The standard InChI is InChI=1S/C28H30Cl2N2O3/c1-4-31-28(34)25(16-21-8-6-5-7-9-21)32(17-22-11-12-23(29)24(30)15-22)27(33)18-35-26-13-10-19(2)14-20(26)3/h5-15,25H,4,16-18H2,1-3H3,(H,31,34)/t25-/m1/s1. The van der Waals surface area contributed by atoms with Crippen LogP contribution >= 0.6 is 23.2 Å². The van der Waals surface area contributed by atoms with E-state index in [1.165, 1.54) is 0 Å². The fourth-order valence-corrected chi connectivity index (χ4v) is 4.19. The molecule has 2 amide bonds. The van der Waals surface area contributed by atoms with Gasteiger partial charge >= 0.3 is 0 Å². The highest BCUT2D eigenvalue weighted by Gasteiger charge is 2.30. The summed E-state index contributed by atoms with van der Waals surface area (Å²) < 4.78 is 5.89. The van der Waals surface area contributed by atoms with Crippen LogP contribution in [0, 0.1) is 13.8 Å². The minimum atomic E-state index is -0.734. The van der Waals surface area contributed by atoms with Crippen LogP contribution in [0.3, 0.4) is 0 Å². The number of benzene rings is 3. The maximum absolute atomic E-state index is 13.6. The van der Waals surface area contributed by atoms with E-state index in [1.54, 1.807) is 23.1 Å². The highest BCUT2D eigenvalue weighted by molar-refractivity contribution is 6.42. The summed E-state index contributed by atoms with van der Waals surface area (Å²) in [6.07, 6.45) is 0.364. The summed E-state index contributed by atoms with van der Waals surface area (Å²) in [4.78, 5) is 28.3. The molecule has 1 N–H and O–H groups in total. The zero-order valence-corrected chi connectivity index (χ0v) is 21.7. The summed E-state index contributed by atoms with van der Waals surface area (Å²) in [5.41, 5.74) is 3.77. The molecule has 7 heteroatoms. The molecule has 0 aliphatic carbocycles. The molecule has 1 atom stereocenters. The van der Waals surface area contributed by atoms with Crippen LogP contribution in [0.25, 0.3) is 0 Å². The molecule has 0 spiro atoms. The fraction of sp³-hybridized carbons (Fsp3) is 0.286. The summed E-state index contributed by atoms with van der Waals surface area (Å²) in [5.74, 6) is 0.107. The number of amides is 2. The molecule has 0 aliphatic heterocycles. The maximum atomic E-state index is 13.6. The van der Waals surface area contributed by atoms with Gasteiger partial charge in [-0.25, -0.2) is 0 Å². The van der Waals surface area contributed by atoms with E-state index < -0.39 is 6.04 Å². The number of rotatable bonds is 10. The number of aryl methyl sites for hydroxylation is 2. The van der Waals surface area contributed by atoms with Gasteiger partial charge < -0.3 is 15.0 Å². The Morgan fingerprint density at radius 3 is 2.34 bits per heavy atom. The number of nitrogens with one attached hydrogen (secondary N) is 1. The summed E-state index contributed by atoms with van der Waals surface area (Å²) in [6.45, 7) is 6.23. The lowest BCUT2D eigenvalue weighted by Crippen LogP contribution is -2.51. The molecule has 0 aliphatic rings. The predicted molar refractivity (Wildman–Crippen MR) is 141 cm³/mol. The SMILES string of the molecule is CCNC(=O)[C@@H](Cc1ccccc1)N(Cc1ccc(Cl)c(Cl)c1)C(=O)COc1ccc(C)cc1C. The molecule has 0 radical (unpaired) electrons. The third-order valence-corrected chi connectivity index (χ3v) is 6.38. The van der Waals surface area contributed by atoms with Crippen molar-refractivity contribution in [3.8, 4) is 5.75 Å². The minimum Gasteiger partial charge on any atom is -0.483 e. The topological polar surface area (TPSA) is 58.6 Å². The molecular weight excluding hydrogens is 483 g/mol. The number of nitrogens with zero attached hydrogens (tertiary/aromatic N) is 1. The lowest BCUT2D eigenvalue weighted by atomic mass is 10.0. The van der Waals surface area contributed by atoms with Gasteiger partial charge in [-0.2, -0.15) is 0 Å². The second-order valence-corrected chi connectivity index (χ2v) is 9.24. The first-order valence-electron chi connectivity index (χ1n) is 11.5. The van der Waals surface area contributed by atoms with Crippen molar-refractivity contribution in [3.05, 3.63) is 99.0 Å². The third-order valence-electron chi connectivity index (χ3n) is 5.64. The maximum Gasteiger partial charge on any atom is 0.261 e. The second-order valence-electron chi connectivity index (χ2n) is 8.43. The van der Waals surface area contributed by atoms with E-state index in [9.17, 15) is 9.59 Å². The van der Waals surface area contributed by atoms with Gasteiger partial charge in [0.1, 0.15) is 11.8 Å². The molecule has 0 heterocycles. The van der Waals surface area contributed by atoms with Crippen molar-refractivity contribution >= 4 is 35.0 Å². The van der Waals surface area contributed by atoms with Crippen LogP contribution in [0.4, 0.5) is 0 Å².